The van der Waals surface area contributed by atoms with Crippen molar-refractivity contribution >= 4 is 17.7 Å². The van der Waals surface area contributed by atoms with E-state index in [0.717, 1.165) is 19.3 Å². The average molecular weight is 331 g/mol. The number of ketones is 1. The van der Waals surface area contributed by atoms with Crippen molar-refractivity contribution in [2.45, 2.75) is 39.0 Å². The van der Waals surface area contributed by atoms with Crippen LogP contribution < -0.4 is 0 Å². The minimum Gasteiger partial charge on any atom is -0.481 e. The highest BCUT2D eigenvalue weighted by molar-refractivity contribution is 6.03. The zero-order chi connectivity index (χ0) is 17.0. The van der Waals surface area contributed by atoms with Gasteiger partial charge in [-0.3, -0.25) is 14.4 Å². The van der Waals surface area contributed by atoms with Crippen molar-refractivity contribution in [2.75, 3.05) is 13.1 Å². The van der Waals surface area contributed by atoms with Crippen LogP contribution in [0.3, 0.4) is 0 Å². The van der Waals surface area contributed by atoms with Gasteiger partial charge < -0.3 is 14.4 Å². The molecule has 2 heterocycles. The minimum absolute atomic E-state index is 0.0391. The number of furan rings is 1. The Morgan fingerprint density at radius 1 is 1.21 bits per heavy atom. The Morgan fingerprint density at radius 3 is 2.58 bits per heavy atom. The van der Waals surface area contributed by atoms with E-state index in [2.05, 4.69) is 0 Å². The summed E-state index contributed by atoms with van der Waals surface area (Å²) in [5.74, 6) is -0.257. The van der Waals surface area contributed by atoms with Crippen LogP contribution in [0.1, 0.15) is 57.9 Å². The third-order valence-electron chi connectivity index (χ3n) is 5.70. The number of carbonyl (C=O) groups excluding carboxylic acids is 2. The van der Waals surface area contributed by atoms with Crippen LogP contribution in [0, 0.1) is 24.7 Å². The highest BCUT2D eigenvalue weighted by Crippen LogP contribution is 2.44. The van der Waals surface area contributed by atoms with Gasteiger partial charge in [0.05, 0.1) is 11.5 Å². The number of carboxylic acids is 1. The summed E-state index contributed by atoms with van der Waals surface area (Å²) in [6.45, 7) is 2.45. The lowest BCUT2D eigenvalue weighted by Crippen LogP contribution is -2.30. The fraction of sp³-hybridized carbons (Fsp3) is 0.611. The van der Waals surface area contributed by atoms with Gasteiger partial charge in [0.2, 0.25) is 0 Å². The van der Waals surface area contributed by atoms with Crippen LogP contribution >= 0.6 is 0 Å². The first-order chi connectivity index (χ1) is 11.5. The molecule has 0 spiro atoms. The molecule has 1 saturated heterocycles. The van der Waals surface area contributed by atoms with Gasteiger partial charge in [0.25, 0.3) is 5.91 Å². The molecule has 1 saturated carbocycles. The summed E-state index contributed by atoms with van der Waals surface area (Å²) in [5.41, 5.74) is 1.18. The van der Waals surface area contributed by atoms with Gasteiger partial charge in [0, 0.05) is 31.5 Å². The Bertz CT molecular complexity index is 730. The number of carbonyl (C=O) groups is 3. The smallest absolute Gasteiger partial charge is 0.308 e. The fourth-order valence-corrected chi connectivity index (χ4v) is 4.25. The SMILES string of the molecule is Cc1c(C(=O)N2C[C@H](C(=O)O)[C@@H](C3CC3)C2)oc2c1C(=O)CCC2. The molecule has 1 N–H and O–H groups in total. The largest absolute Gasteiger partial charge is 0.481 e. The summed E-state index contributed by atoms with van der Waals surface area (Å²) in [6, 6.07) is 0. The van der Waals surface area contributed by atoms with Gasteiger partial charge in [-0.25, -0.2) is 0 Å². The van der Waals surface area contributed by atoms with Crippen LogP contribution in [0.15, 0.2) is 4.42 Å². The van der Waals surface area contributed by atoms with E-state index in [4.69, 9.17) is 4.42 Å². The number of aliphatic carboxylic acids is 1. The van der Waals surface area contributed by atoms with Crippen molar-refractivity contribution in [3.63, 3.8) is 0 Å². The molecule has 6 heteroatoms. The van der Waals surface area contributed by atoms with Crippen LogP contribution in [0.25, 0.3) is 0 Å². The molecule has 1 aromatic heterocycles. The summed E-state index contributed by atoms with van der Waals surface area (Å²) in [7, 11) is 0. The Balaban J connectivity index is 1.60. The Morgan fingerprint density at radius 2 is 1.96 bits per heavy atom. The summed E-state index contributed by atoms with van der Waals surface area (Å²) in [4.78, 5) is 38.1. The third kappa shape index (κ3) is 2.36. The van der Waals surface area contributed by atoms with Crippen molar-refractivity contribution in [3.8, 4) is 0 Å². The maximum Gasteiger partial charge on any atom is 0.308 e. The molecule has 0 aromatic carbocycles. The van der Waals surface area contributed by atoms with Gasteiger partial charge in [-0.2, -0.15) is 0 Å². The monoisotopic (exact) mass is 331 g/mol. The van der Waals surface area contributed by atoms with Gasteiger partial charge in [-0.05, 0) is 38.0 Å². The summed E-state index contributed by atoms with van der Waals surface area (Å²) >= 11 is 0. The second-order valence-electron chi connectivity index (χ2n) is 7.29. The third-order valence-corrected chi connectivity index (χ3v) is 5.70. The van der Waals surface area contributed by atoms with Gasteiger partial charge in [0.1, 0.15) is 5.76 Å². The van der Waals surface area contributed by atoms with Crippen molar-refractivity contribution in [1.29, 1.82) is 0 Å². The normalized spacial score (nSPS) is 26.5. The van der Waals surface area contributed by atoms with Gasteiger partial charge in [0.15, 0.2) is 11.5 Å². The number of Topliss-reactive ketones (excluding diaryl/α,β-unsaturated/α-hetero) is 1. The molecule has 0 unspecified atom stereocenters. The first-order valence-corrected chi connectivity index (χ1v) is 8.65. The molecular formula is C18H21NO5. The van der Waals surface area contributed by atoms with Crippen LogP contribution in [0.4, 0.5) is 0 Å². The van der Waals surface area contributed by atoms with E-state index in [1.165, 1.54) is 0 Å². The maximum absolute atomic E-state index is 12.9. The number of nitrogens with zero attached hydrogens (tertiary/aromatic N) is 1. The Kier molecular flexibility index (Phi) is 3.51. The zero-order valence-corrected chi connectivity index (χ0v) is 13.7. The van der Waals surface area contributed by atoms with E-state index in [1.807, 2.05) is 0 Å². The van der Waals surface area contributed by atoms with Crippen LogP contribution in [0.5, 0.6) is 0 Å². The molecule has 2 atom stereocenters. The van der Waals surface area contributed by atoms with E-state index in [0.29, 0.717) is 42.2 Å². The number of likely N-dealkylation sites (tertiary alicyclic amines) is 1. The van der Waals surface area contributed by atoms with E-state index in [1.54, 1.807) is 11.8 Å². The van der Waals surface area contributed by atoms with Crippen LogP contribution in [-0.4, -0.2) is 40.8 Å². The molecule has 24 heavy (non-hydrogen) atoms. The number of rotatable bonds is 3. The van der Waals surface area contributed by atoms with Gasteiger partial charge >= 0.3 is 5.97 Å². The molecule has 128 valence electrons. The molecule has 1 aliphatic heterocycles. The average Bonchev–Trinajstić information content (AvgIpc) is 3.19. The highest BCUT2D eigenvalue weighted by Gasteiger charge is 2.47. The predicted molar refractivity (Wildman–Crippen MR) is 84.0 cm³/mol. The van der Waals surface area contributed by atoms with Crippen molar-refractivity contribution in [3.05, 3.63) is 22.6 Å². The van der Waals surface area contributed by atoms with Crippen molar-refractivity contribution in [2.24, 2.45) is 17.8 Å². The lowest BCUT2D eigenvalue weighted by Gasteiger charge is -2.15. The maximum atomic E-state index is 12.9. The number of amides is 1. The molecule has 1 amide bonds. The van der Waals surface area contributed by atoms with E-state index in [-0.39, 0.29) is 29.9 Å². The fourth-order valence-electron chi connectivity index (χ4n) is 4.25. The Labute approximate surface area is 139 Å². The predicted octanol–water partition coefficient (Wildman–Crippen LogP) is 2.29. The zero-order valence-electron chi connectivity index (χ0n) is 13.7. The summed E-state index contributed by atoms with van der Waals surface area (Å²) < 4.78 is 5.73. The molecule has 0 bridgehead atoms. The number of carboxylic acid groups (broad SMARTS) is 1. The standard InChI is InChI=1S/C18H21NO5/c1-9-15-13(20)3-2-4-14(15)24-16(9)17(21)19-7-11(10-5-6-10)12(8-19)18(22)23/h10-12H,2-8H2,1H3,(H,22,23)/t11-,12+/m1/s1. The summed E-state index contributed by atoms with van der Waals surface area (Å²) in [6.07, 6.45) is 4.03. The second kappa shape index (κ2) is 5.46. The molecule has 2 fully saturated rings. The van der Waals surface area contributed by atoms with Crippen LogP contribution in [-0.2, 0) is 11.2 Å². The van der Waals surface area contributed by atoms with Gasteiger partial charge in [-0.15, -0.1) is 0 Å². The molecule has 0 radical (unpaired) electrons. The lowest BCUT2D eigenvalue weighted by atomic mass is 9.92. The quantitative estimate of drug-likeness (QED) is 0.918. The minimum atomic E-state index is -0.826. The summed E-state index contributed by atoms with van der Waals surface area (Å²) in [5, 5.41) is 9.45. The van der Waals surface area contributed by atoms with Crippen LogP contribution in [0.2, 0.25) is 0 Å². The number of aryl methyl sites for hydroxylation is 1. The number of hydrogen-bond donors (Lipinski definition) is 1. The number of hydrogen-bond acceptors (Lipinski definition) is 4. The second-order valence-corrected chi connectivity index (χ2v) is 7.29. The molecular weight excluding hydrogens is 310 g/mol. The van der Waals surface area contributed by atoms with Crippen molar-refractivity contribution in [1.82, 2.24) is 4.90 Å². The van der Waals surface area contributed by atoms with Gasteiger partial charge in [-0.1, -0.05) is 0 Å². The first-order valence-electron chi connectivity index (χ1n) is 8.65. The van der Waals surface area contributed by atoms with Crippen molar-refractivity contribution < 1.29 is 23.9 Å². The van der Waals surface area contributed by atoms with E-state index in [9.17, 15) is 19.5 Å². The first kappa shape index (κ1) is 15.4. The molecule has 1 aromatic rings. The highest BCUT2D eigenvalue weighted by atomic mass is 16.4. The number of fused-ring (bicyclic) bond motifs is 1. The van der Waals surface area contributed by atoms with E-state index >= 15 is 0 Å². The topological polar surface area (TPSA) is 87.8 Å². The Hall–Kier alpha value is -2.11. The molecule has 2 aliphatic carbocycles. The molecule has 3 aliphatic rings. The van der Waals surface area contributed by atoms with E-state index < -0.39 is 11.9 Å². The molecule has 4 rings (SSSR count). The molecule has 6 nitrogen and oxygen atoms in total. The lowest BCUT2D eigenvalue weighted by molar-refractivity contribution is -0.142.